The molecule has 0 fully saturated rings. The lowest BCUT2D eigenvalue weighted by Crippen LogP contribution is -2.31. The minimum absolute atomic E-state index is 0.0669. The number of aliphatic hydroxyl groups is 1. The van der Waals surface area contributed by atoms with Crippen molar-refractivity contribution in [1.82, 2.24) is 0 Å². The molecule has 0 amide bonds. The van der Waals surface area contributed by atoms with Gasteiger partial charge in [0, 0.05) is 16.7 Å². The van der Waals surface area contributed by atoms with E-state index in [1.165, 1.54) is 12.1 Å². The van der Waals surface area contributed by atoms with Crippen LogP contribution in [-0.4, -0.2) is 34.5 Å². The lowest BCUT2D eigenvalue weighted by Gasteiger charge is -2.29. The number of carbonyl (C=O) groups excluding carboxylic acids is 1. The van der Waals surface area contributed by atoms with Crippen LogP contribution in [0.25, 0.3) is 0 Å². The number of aromatic hydroxyl groups is 1. The Bertz CT molecular complexity index is 810. The Hall–Kier alpha value is -2.66. The van der Waals surface area contributed by atoms with E-state index in [2.05, 4.69) is 4.99 Å². The summed E-state index contributed by atoms with van der Waals surface area (Å²) >= 11 is 0. The number of hydrogen-bond acceptors (Lipinski definition) is 5. The number of rotatable bonds is 1. The smallest absolute Gasteiger partial charge is 0.213 e. The quantitative estimate of drug-likeness (QED) is 0.708. The van der Waals surface area contributed by atoms with Crippen LogP contribution in [0.15, 0.2) is 41.4 Å². The molecular formula is C16H11NO4. The van der Waals surface area contributed by atoms with Gasteiger partial charge in [-0.1, -0.05) is 12.1 Å². The van der Waals surface area contributed by atoms with E-state index in [1.54, 1.807) is 24.3 Å². The van der Waals surface area contributed by atoms with Crippen molar-refractivity contribution in [2.24, 2.45) is 4.99 Å². The number of fused-ring (bicyclic) bond motifs is 2. The maximum Gasteiger partial charge on any atom is 0.213 e. The molecule has 5 heteroatoms. The largest absolute Gasteiger partial charge is 0.508 e. The molecule has 0 saturated heterocycles. The molecule has 4 rings (SSSR count). The van der Waals surface area contributed by atoms with Crippen LogP contribution in [0, 0.1) is 0 Å². The van der Waals surface area contributed by atoms with E-state index < -0.39 is 6.23 Å². The first-order valence-electron chi connectivity index (χ1n) is 6.56. The van der Waals surface area contributed by atoms with Gasteiger partial charge >= 0.3 is 0 Å². The first kappa shape index (κ1) is 12.1. The molecule has 2 aromatic carbocycles. The van der Waals surface area contributed by atoms with Gasteiger partial charge in [-0.2, -0.15) is 0 Å². The summed E-state index contributed by atoms with van der Waals surface area (Å²) in [5.41, 5.74) is 2.80. The molecule has 21 heavy (non-hydrogen) atoms. The molecule has 2 aliphatic rings. The highest BCUT2D eigenvalue weighted by atomic mass is 16.5. The number of ether oxygens (including phenoxy) is 1. The summed E-state index contributed by atoms with van der Waals surface area (Å²) in [6.45, 7) is -0.255. The molecule has 0 bridgehead atoms. The number of hydrogen-bond donors (Lipinski definition) is 2. The minimum atomic E-state index is -0.703. The van der Waals surface area contributed by atoms with Crippen molar-refractivity contribution < 1.29 is 19.7 Å². The summed E-state index contributed by atoms with van der Waals surface area (Å²) in [5, 5.41) is 19.0. The fourth-order valence-electron chi connectivity index (χ4n) is 2.80. The SMILES string of the molecule is O=C1c2ccc(O)cc2C2=N[C@H](CO)Oc3cccc1c32. The molecule has 1 heterocycles. The zero-order valence-corrected chi connectivity index (χ0v) is 10.9. The number of nitrogens with zero attached hydrogens (tertiary/aromatic N) is 1. The number of phenolic OH excluding ortho intramolecular Hbond substituents is 1. The molecule has 2 N–H and O–H groups in total. The average Bonchev–Trinajstić information content (AvgIpc) is 2.51. The van der Waals surface area contributed by atoms with E-state index in [4.69, 9.17) is 4.74 Å². The first-order valence-corrected chi connectivity index (χ1v) is 6.56. The van der Waals surface area contributed by atoms with Gasteiger partial charge in [0.1, 0.15) is 18.1 Å². The second-order valence-electron chi connectivity index (χ2n) is 4.97. The Morgan fingerprint density at radius 2 is 2.00 bits per heavy atom. The van der Waals surface area contributed by atoms with Gasteiger partial charge in [0.15, 0.2) is 5.78 Å². The molecule has 104 valence electrons. The third-order valence-corrected chi connectivity index (χ3v) is 3.70. The van der Waals surface area contributed by atoms with E-state index >= 15 is 0 Å². The summed E-state index contributed by atoms with van der Waals surface area (Å²) in [4.78, 5) is 16.9. The van der Waals surface area contributed by atoms with Crippen LogP contribution in [-0.2, 0) is 0 Å². The fourth-order valence-corrected chi connectivity index (χ4v) is 2.80. The van der Waals surface area contributed by atoms with E-state index in [9.17, 15) is 15.0 Å². The van der Waals surface area contributed by atoms with Crippen molar-refractivity contribution in [2.45, 2.75) is 6.23 Å². The van der Waals surface area contributed by atoms with Crippen LogP contribution >= 0.6 is 0 Å². The highest BCUT2D eigenvalue weighted by molar-refractivity contribution is 6.31. The highest BCUT2D eigenvalue weighted by Crippen LogP contribution is 2.37. The second kappa shape index (κ2) is 4.17. The predicted octanol–water partition coefficient (Wildman–Crippen LogP) is 1.48. The van der Waals surface area contributed by atoms with Gasteiger partial charge in [0.05, 0.1) is 11.3 Å². The summed E-state index contributed by atoms with van der Waals surface area (Å²) < 4.78 is 5.57. The van der Waals surface area contributed by atoms with Gasteiger partial charge in [-0.25, -0.2) is 4.99 Å². The number of aliphatic hydroxyl groups excluding tert-OH is 1. The second-order valence-corrected chi connectivity index (χ2v) is 4.97. The Labute approximate surface area is 120 Å². The van der Waals surface area contributed by atoms with Crippen LogP contribution in [0.4, 0.5) is 0 Å². The molecule has 0 spiro atoms. The van der Waals surface area contributed by atoms with E-state index in [0.29, 0.717) is 33.7 Å². The third kappa shape index (κ3) is 1.61. The molecule has 5 nitrogen and oxygen atoms in total. The number of aliphatic imine (C=N–C) groups is 1. The van der Waals surface area contributed by atoms with Gasteiger partial charge in [0.2, 0.25) is 6.23 Å². The third-order valence-electron chi connectivity index (χ3n) is 3.70. The maximum absolute atomic E-state index is 12.6. The lowest BCUT2D eigenvalue weighted by molar-refractivity contribution is 0.103. The standard InChI is InChI=1S/C16H11NO4/c18-7-13-17-15-11-6-8(19)4-5-9(11)16(20)10-2-1-3-12(21-13)14(10)15/h1-6,13,18-19H,7H2/t13-/m0/s1. The highest BCUT2D eigenvalue weighted by Gasteiger charge is 2.34. The van der Waals surface area contributed by atoms with Gasteiger partial charge in [0.25, 0.3) is 0 Å². The van der Waals surface area contributed by atoms with Crippen LogP contribution in [0.2, 0.25) is 0 Å². The number of phenols is 1. The van der Waals surface area contributed by atoms with E-state index in [-0.39, 0.29) is 18.1 Å². The van der Waals surface area contributed by atoms with Gasteiger partial charge < -0.3 is 14.9 Å². The normalized spacial score (nSPS) is 18.4. The Balaban J connectivity index is 2.07. The monoisotopic (exact) mass is 281 g/mol. The first-order chi connectivity index (χ1) is 10.2. The zero-order chi connectivity index (χ0) is 14.6. The van der Waals surface area contributed by atoms with Crippen molar-refractivity contribution in [3.05, 3.63) is 58.7 Å². The Morgan fingerprint density at radius 3 is 2.81 bits per heavy atom. The molecule has 1 aliphatic heterocycles. The van der Waals surface area contributed by atoms with Crippen LogP contribution in [0.1, 0.15) is 27.0 Å². The predicted molar refractivity (Wildman–Crippen MR) is 75.1 cm³/mol. The summed E-state index contributed by atoms with van der Waals surface area (Å²) in [7, 11) is 0. The molecule has 0 unspecified atom stereocenters. The lowest BCUT2D eigenvalue weighted by atomic mass is 9.82. The Morgan fingerprint density at radius 1 is 1.14 bits per heavy atom. The Kier molecular flexibility index (Phi) is 2.40. The molecule has 1 aliphatic carbocycles. The zero-order valence-electron chi connectivity index (χ0n) is 10.9. The maximum atomic E-state index is 12.6. The van der Waals surface area contributed by atoms with Gasteiger partial charge in [-0.05, 0) is 24.3 Å². The summed E-state index contributed by atoms with van der Waals surface area (Å²) in [6, 6.07) is 9.82. The van der Waals surface area contributed by atoms with Crippen molar-refractivity contribution in [3.8, 4) is 11.5 Å². The molecular weight excluding hydrogens is 270 g/mol. The minimum Gasteiger partial charge on any atom is -0.508 e. The van der Waals surface area contributed by atoms with Crippen molar-refractivity contribution in [1.29, 1.82) is 0 Å². The van der Waals surface area contributed by atoms with Crippen LogP contribution < -0.4 is 4.74 Å². The average molecular weight is 281 g/mol. The topological polar surface area (TPSA) is 79.1 Å². The number of ketones is 1. The molecule has 2 aromatic rings. The summed E-state index contributed by atoms with van der Waals surface area (Å²) in [5.74, 6) is 0.475. The van der Waals surface area contributed by atoms with Gasteiger partial charge in [-0.15, -0.1) is 0 Å². The molecule has 0 saturated carbocycles. The molecule has 1 atom stereocenters. The van der Waals surface area contributed by atoms with Crippen molar-refractivity contribution in [2.75, 3.05) is 6.61 Å². The van der Waals surface area contributed by atoms with Crippen LogP contribution in [0.5, 0.6) is 11.5 Å². The number of carbonyl (C=O) groups is 1. The van der Waals surface area contributed by atoms with Crippen molar-refractivity contribution >= 4 is 11.5 Å². The van der Waals surface area contributed by atoms with E-state index in [0.717, 1.165) is 0 Å². The molecule has 0 radical (unpaired) electrons. The van der Waals surface area contributed by atoms with Gasteiger partial charge in [-0.3, -0.25) is 4.79 Å². The molecule has 0 aromatic heterocycles. The van der Waals surface area contributed by atoms with E-state index in [1.807, 2.05) is 0 Å². The van der Waals surface area contributed by atoms with Crippen molar-refractivity contribution in [3.63, 3.8) is 0 Å². The summed E-state index contributed by atoms with van der Waals surface area (Å²) in [6.07, 6.45) is -0.703. The van der Waals surface area contributed by atoms with Crippen LogP contribution in [0.3, 0.4) is 0 Å². The fraction of sp³-hybridized carbons (Fsp3) is 0.125. The number of benzene rings is 2.